The number of piperidine rings is 1. The Bertz CT molecular complexity index is 679. The van der Waals surface area contributed by atoms with E-state index in [2.05, 4.69) is 15.7 Å². The Hall–Kier alpha value is -1.85. The molecule has 2 aromatic rings. The van der Waals surface area contributed by atoms with E-state index < -0.39 is 0 Å². The van der Waals surface area contributed by atoms with Crippen LogP contribution in [-0.2, 0) is 6.54 Å². The van der Waals surface area contributed by atoms with Crippen LogP contribution in [0.2, 0.25) is 5.02 Å². The van der Waals surface area contributed by atoms with Gasteiger partial charge in [-0.25, -0.2) is 0 Å². The Morgan fingerprint density at radius 2 is 2.29 bits per heavy atom. The molecule has 1 amide bonds. The molecule has 5 nitrogen and oxygen atoms in total. The SMILES string of the molecule is O=C(NCCC1CCCNC1)c1cnn(Cc2ccccc2Cl)c1. The van der Waals surface area contributed by atoms with Gasteiger partial charge in [-0.1, -0.05) is 29.8 Å². The van der Waals surface area contributed by atoms with Crippen LogP contribution in [0.25, 0.3) is 0 Å². The fraction of sp³-hybridized carbons (Fsp3) is 0.444. The molecule has 1 aromatic heterocycles. The van der Waals surface area contributed by atoms with Crippen LogP contribution in [0, 0.1) is 5.92 Å². The van der Waals surface area contributed by atoms with E-state index in [-0.39, 0.29) is 5.91 Å². The summed E-state index contributed by atoms with van der Waals surface area (Å²) >= 11 is 6.16. The van der Waals surface area contributed by atoms with Gasteiger partial charge in [0.25, 0.3) is 5.91 Å². The van der Waals surface area contributed by atoms with Crippen LogP contribution in [0.5, 0.6) is 0 Å². The van der Waals surface area contributed by atoms with Crippen molar-refractivity contribution in [3.8, 4) is 0 Å². The molecule has 1 fully saturated rings. The number of halogens is 1. The first-order chi connectivity index (χ1) is 11.7. The number of carbonyl (C=O) groups excluding carboxylic acids is 1. The molecule has 1 aromatic carbocycles. The smallest absolute Gasteiger partial charge is 0.254 e. The Morgan fingerprint density at radius 3 is 3.08 bits per heavy atom. The monoisotopic (exact) mass is 346 g/mol. The third-order valence-corrected chi connectivity index (χ3v) is 4.79. The predicted octanol–water partition coefficient (Wildman–Crippen LogP) is 2.70. The molecule has 0 bridgehead atoms. The minimum Gasteiger partial charge on any atom is -0.352 e. The highest BCUT2D eigenvalue weighted by Gasteiger charge is 2.14. The summed E-state index contributed by atoms with van der Waals surface area (Å²) in [5.74, 6) is 0.603. The van der Waals surface area contributed by atoms with Gasteiger partial charge in [0.05, 0.1) is 18.3 Å². The largest absolute Gasteiger partial charge is 0.352 e. The molecule has 1 atom stereocenters. The molecule has 128 valence electrons. The molecule has 0 radical (unpaired) electrons. The van der Waals surface area contributed by atoms with Crippen LogP contribution < -0.4 is 10.6 Å². The number of nitrogens with one attached hydrogen (secondary N) is 2. The standard InChI is InChI=1S/C18H23ClN4O/c19-17-6-2-1-5-15(17)12-23-13-16(11-22-23)18(24)21-9-7-14-4-3-8-20-10-14/h1-2,5-6,11,13-14,20H,3-4,7-10,12H2,(H,21,24). The van der Waals surface area contributed by atoms with Gasteiger partial charge in [0.2, 0.25) is 0 Å². The van der Waals surface area contributed by atoms with Gasteiger partial charge in [-0.05, 0) is 49.9 Å². The highest BCUT2D eigenvalue weighted by atomic mass is 35.5. The summed E-state index contributed by atoms with van der Waals surface area (Å²) in [5.41, 5.74) is 1.57. The van der Waals surface area contributed by atoms with E-state index in [9.17, 15) is 4.79 Å². The van der Waals surface area contributed by atoms with E-state index in [1.54, 1.807) is 17.1 Å². The van der Waals surface area contributed by atoms with Crippen LogP contribution in [0.1, 0.15) is 35.2 Å². The molecule has 1 unspecified atom stereocenters. The van der Waals surface area contributed by atoms with Crippen molar-refractivity contribution in [2.45, 2.75) is 25.8 Å². The second-order valence-electron chi connectivity index (χ2n) is 6.27. The minimum atomic E-state index is -0.0656. The van der Waals surface area contributed by atoms with E-state index in [1.807, 2.05) is 24.3 Å². The van der Waals surface area contributed by atoms with E-state index in [0.717, 1.165) is 25.1 Å². The van der Waals surface area contributed by atoms with Gasteiger partial charge in [0.15, 0.2) is 0 Å². The molecule has 24 heavy (non-hydrogen) atoms. The van der Waals surface area contributed by atoms with Crippen LogP contribution in [0.4, 0.5) is 0 Å². The lowest BCUT2D eigenvalue weighted by Crippen LogP contribution is -2.33. The molecular weight excluding hydrogens is 324 g/mol. The summed E-state index contributed by atoms with van der Waals surface area (Å²) in [6, 6.07) is 7.66. The number of amides is 1. The summed E-state index contributed by atoms with van der Waals surface area (Å²) in [6.07, 6.45) is 6.87. The van der Waals surface area contributed by atoms with Crippen molar-refractivity contribution in [3.63, 3.8) is 0 Å². The molecule has 0 spiro atoms. The van der Waals surface area contributed by atoms with Gasteiger partial charge in [0, 0.05) is 17.8 Å². The van der Waals surface area contributed by atoms with Crippen molar-refractivity contribution in [1.82, 2.24) is 20.4 Å². The number of rotatable bonds is 6. The van der Waals surface area contributed by atoms with Crippen molar-refractivity contribution < 1.29 is 4.79 Å². The first-order valence-corrected chi connectivity index (χ1v) is 8.85. The lowest BCUT2D eigenvalue weighted by Gasteiger charge is -2.22. The van der Waals surface area contributed by atoms with E-state index >= 15 is 0 Å². The number of benzene rings is 1. The van der Waals surface area contributed by atoms with Crippen LogP contribution >= 0.6 is 11.6 Å². The summed E-state index contributed by atoms with van der Waals surface area (Å²) in [5, 5.41) is 11.4. The Balaban J connectivity index is 1.49. The summed E-state index contributed by atoms with van der Waals surface area (Å²) < 4.78 is 1.74. The molecule has 0 aliphatic carbocycles. The average Bonchev–Trinajstić information content (AvgIpc) is 3.07. The summed E-state index contributed by atoms with van der Waals surface area (Å²) in [4.78, 5) is 12.2. The topological polar surface area (TPSA) is 59.0 Å². The second kappa shape index (κ2) is 8.31. The van der Waals surface area contributed by atoms with Crippen LogP contribution in [0.3, 0.4) is 0 Å². The zero-order chi connectivity index (χ0) is 16.8. The fourth-order valence-corrected chi connectivity index (χ4v) is 3.23. The van der Waals surface area contributed by atoms with Gasteiger partial charge < -0.3 is 10.6 Å². The number of hydrogen-bond acceptors (Lipinski definition) is 3. The van der Waals surface area contributed by atoms with Gasteiger partial charge in [-0.15, -0.1) is 0 Å². The fourth-order valence-electron chi connectivity index (χ4n) is 3.03. The summed E-state index contributed by atoms with van der Waals surface area (Å²) in [6.45, 7) is 3.45. The maximum absolute atomic E-state index is 12.2. The molecule has 1 saturated heterocycles. The predicted molar refractivity (Wildman–Crippen MR) is 95.3 cm³/mol. The first kappa shape index (κ1) is 17.0. The average molecular weight is 347 g/mol. The zero-order valence-corrected chi connectivity index (χ0v) is 14.4. The van der Waals surface area contributed by atoms with Gasteiger partial charge in [0.1, 0.15) is 0 Å². The van der Waals surface area contributed by atoms with Gasteiger partial charge in [-0.3, -0.25) is 9.48 Å². The first-order valence-electron chi connectivity index (χ1n) is 8.47. The van der Waals surface area contributed by atoms with E-state index in [4.69, 9.17) is 11.6 Å². The Morgan fingerprint density at radius 1 is 1.42 bits per heavy atom. The lowest BCUT2D eigenvalue weighted by atomic mass is 9.96. The normalized spacial score (nSPS) is 17.6. The van der Waals surface area contributed by atoms with Crippen molar-refractivity contribution in [2.24, 2.45) is 5.92 Å². The van der Waals surface area contributed by atoms with E-state index in [0.29, 0.717) is 29.6 Å². The third-order valence-electron chi connectivity index (χ3n) is 4.42. The third kappa shape index (κ3) is 4.58. The van der Waals surface area contributed by atoms with Crippen LogP contribution in [0.15, 0.2) is 36.7 Å². The molecule has 2 heterocycles. The van der Waals surface area contributed by atoms with Crippen molar-refractivity contribution in [1.29, 1.82) is 0 Å². The van der Waals surface area contributed by atoms with Crippen molar-refractivity contribution in [3.05, 3.63) is 52.8 Å². The molecule has 1 aliphatic rings. The molecule has 6 heteroatoms. The van der Waals surface area contributed by atoms with Gasteiger partial charge in [-0.2, -0.15) is 5.10 Å². The Labute approximate surface area is 147 Å². The van der Waals surface area contributed by atoms with Crippen molar-refractivity contribution >= 4 is 17.5 Å². The molecule has 3 rings (SSSR count). The quantitative estimate of drug-likeness (QED) is 0.845. The minimum absolute atomic E-state index is 0.0656. The summed E-state index contributed by atoms with van der Waals surface area (Å²) in [7, 11) is 0. The van der Waals surface area contributed by atoms with Crippen molar-refractivity contribution in [2.75, 3.05) is 19.6 Å². The maximum Gasteiger partial charge on any atom is 0.254 e. The molecule has 0 saturated carbocycles. The number of nitrogens with zero attached hydrogens (tertiary/aromatic N) is 2. The van der Waals surface area contributed by atoms with Crippen LogP contribution in [-0.4, -0.2) is 35.3 Å². The Kier molecular flexibility index (Phi) is 5.88. The molecule has 2 N–H and O–H groups in total. The number of aromatic nitrogens is 2. The molecule has 1 aliphatic heterocycles. The number of hydrogen-bond donors (Lipinski definition) is 2. The highest BCUT2D eigenvalue weighted by Crippen LogP contribution is 2.16. The molecular formula is C18H23ClN4O. The zero-order valence-electron chi connectivity index (χ0n) is 13.7. The lowest BCUT2D eigenvalue weighted by molar-refractivity contribution is 0.0950. The van der Waals surface area contributed by atoms with E-state index in [1.165, 1.54) is 12.8 Å². The number of carbonyl (C=O) groups is 1. The maximum atomic E-state index is 12.2. The second-order valence-corrected chi connectivity index (χ2v) is 6.68. The van der Waals surface area contributed by atoms with Gasteiger partial charge >= 0.3 is 0 Å². The highest BCUT2D eigenvalue weighted by molar-refractivity contribution is 6.31.